The Morgan fingerprint density at radius 2 is 2.12 bits per heavy atom. The van der Waals surface area contributed by atoms with Gasteiger partial charge in [0.2, 0.25) is 0 Å². The number of carboxylic acid groups (broad SMARTS) is 1. The summed E-state index contributed by atoms with van der Waals surface area (Å²) in [4.78, 5) is 10.8. The lowest BCUT2D eigenvalue weighted by molar-refractivity contribution is 0.0693. The van der Waals surface area contributed by atoms with E-state index in [2.05, 4.69) is 0 Å². The molecule has 0 heterocycles. The summed E-state index contributed by atoms with van der Waals surface area (Å²) in [7, 11) is 0. The number of phenolic OH excluding ortho intramolecular Hbond substituents is 1. The van der Waals surface area contributed by atoms with E-state index in [1.54, 1.807) is 6.92 Å². The predicted molar refractivity (Wildman–Crippen MR) is 55.4 cm³/mol. The number of nitrogens with zero attached hydrogens (tertiary/aromatic N) is 1. The molecule has 5 heteroatoms. The van der Waals surface area contributed by atoms with E-state index in [0.29, 0.717) is 6.42 Å². The van der Waals surface area contributed by atoms with Gasteiger partial charge in [-0.1, -0.05) is 6.92 Å². The third kappa shape index (κ3) is 2.06. The molecule has 1 aromatic rings. The Labute approximate surface area is 92.2 Å². The number of aromatic hydroxyl groups is 2. The largest absolute Gasteiger partial charge is 0.508 e. The molecule has 0 aliphatic carbocycles. The average molecular weight is 221 g/mol. The average Bonchev–Trinajstić information content (AvgIpc) is 2.23. The highest BCUT2D eigenvalue weighted by Gasteiger charge is 2.20. The molecular weight excluding hydrogens is 210 g/mol. The smallest absolute Gasteiger partial charge is 0.339 e. The van der Waals surface area contributed by atoms with Crippen LogP contribution in [0.5, 0.6) is 11.5 Å². The number of benzene rings is 1. The van der Waals surface area contributed by atoms with E-state index in [0.717, 1.165) is 6.07 Å². The van der Waals surface area contributed by atoms with Crippen LogP contribution in [-0.2, 0) is 0 Å². The number of carbonyl (C=O) groups is 1. The zero-order valence-electron chi connectivity index (χ0n) is 8.64. The number of phenols is 2. The summed E-state index contributed by atoms with van der Waals surface area (Å²) in [6, 6.07) is 4.10. The first-order valence-corrected chi connectivity index (χ1v) is 4.70. The van der Waals surface area contributed by atoms with Crippen LogP contribution in [0.15, 0.2) is 12.1 Å². The zero-order chi connectivity index (χ0) is 12.3. The van der Waals surface area contributed by atoms with E-state index < -0.39 is 23.2 Å². The molecule has 16 heavy (non-hydrogen) atoms. The predicted octanol–water partition coefficient (Wildman–Crippen LogP) is 1.81. The Morgan fingerprint density at radius 1 is 1.50 bits per heavy atom. The molecule has 0 aliphatic rings. The first kappa shape index (κ1) is 11.9. The summed E-state index contributed by atoms with van der Waals surface area (Å²) >= 11 is 0. The molecule has 0 bridgehead atoms. The topological polar surface area (TPSA) is 102 Å². The van der Waals surface area contributed by atoms with Crippen LogP contribution >= 0.6 is 0 Å². The molecule has 0 fully saturated rings. The van der Waals surface area contributed by atoms with Gasteiger partial charge >= 0.3 is 5.97 Å². The molecule has 1 aromatic carbocycles. The second-order valence-corrected chi connectivity index (χ2v) is 3.33. The molecule has 0 amide bonds. The van der Waals surface area contributed by atoms with Crippen molar-refractivity contribution in [2.75, 3.05) is 0 Å². The van der Waals surface area contributed by atoms with Gasteiger partial charge < -0.3 is 15.3 Å². The Morgan fingerprint density at radius 3 is 2.56 bits per heavy atom. The fourth-order valence-electron chi connectivity index (χ4n) is 1.45. The molecule has 0 radical (unpaired) electrons. The number of rotatable bonds is 3. The molecule has 84 valence electrons. The highest BCUT2D eigenvalue weighted by Crippen LogP contribution is 2.34. The minimum Gasteiger partial charge on any atom is -0.508 e. The maximum atomic E-state index is 10.8. The van der Waals surface area contributed by atoms with Gasteiger partial charge in [-0.25, -0.2) is 4.79 Å². The molecule has 0 saturated carbocycles. The van der Waals surface area contributed by atoms with E-state index in [1.807, 2.05) is 6.07 Å². The Hall–Kier alpha value is -2.22. The van der Waals surface area contributed by atoms with Crippen molar-refractivity contribution in [1.29, 1.82) is 5.26 Å². The summed E-state index contributed by atoms with van der Waals surface area (Å²) in [5.41, 5.74) is -0.258. The third-order valence-corrected chi connectivity index (χ3v) is 2.29. The van der Waals surface area contributed by atoms with Gasteiger partial charge in [0.05, 0.1) is 12.0 Å². The normalized spacial score (nSPS) is 11.8. The molecule has 0 aromatic heterocycles. The van der Waals surface area contributed by atoms with Gasteiger partial charge in [-0.3, -0.25) is 0 Å². The molecule has 1 unspecified atom stereocenters. The number of hydrogen-bond donors (Lipinski definition) is 3. The maximum Gasteiger partial charge on any atom is 0.339 e. The lowest BCUT2D eigenvalue weighted by atomic mass is 9.94. The zero-order valence-corrected chi connectivity index (χ0v) is 8.64. The summed E-state index contributed by atoms with van der Waals surface area (Å²) in [5.74, 6) is -2.72. The SMILES string of the molecule is CCC(C#N)c1cc(O)cc(C(=O)O)c1O. The summed E-state index contributed by atoms with van der Waals surface area (Å²) in [6.07, 6.45) is 0.423. The highest BCUT2D eigenvalue weighted by molar-refractivity contribution is 5.92. The third-order valence-electron chi connectivity index (χ3n) is 2.29. The van der Waals surface area contributed by atoms with Gasteiger partial charge in [-0.2, -0.15) is 5.26 Å². The Balaban J connectivity index is 3.41. The van der Waals surface area contributed by atoms with Crippen LogP contribution in [0, 0.1) is 11.3 Å². The molecule has 1 atom stereocenters. The van der Waals surface area contributed by atoms with Crippen LogP contribution in [-0.4, -0.2) is 21.3 Å². The number of carboxylic acids is 1. The highest BCUT2D eigenvalue weighted by atomic mass is 16.4. The van der Waals surface area contributed by atoms with Gasteiger partial charge in [0.25, 0.3) is 0 Å². The van der Waals surface area contributed by atoms with Crippen molar-refractivity contribution in [3.05, 3.63) is 23.3 Å². The molecular formula is C11H11NO4. The minimum absolute atomic E-state index is 0.141. The van der Waals surface area contributed by atoms with Crippen LogP contribution in [0.25, 0.3) is 0 Å². The number of hydrogen-bond acceptors (Lipinski definition) is 4. The Kier molecular flexibility index (Phi) is 3.36. The second kappa shape index (κ2) is 4.53. The van der Waals surface area contributed by atoms with Gasteiger partial charge in [0, 0.05) is 5.56 Å². The van der Waals surface area contributed by atoms with Crippen molar-refractivity contribution in [3.63, 3.8) is 0 Å². The van der Waals surface area contributed by atoms with Gasteiger partial charge in [0.1, 0.15) is 17.1 Å². The van der Waals surface area contributed by atoms with E-state index in [1.165, 1.54) is 6.07 Å². The quantitative estimate of drug-likeness (QED) is 0.675. The summed E-state index contributed by atoms with van der Waals surface area (Å²) in [5, 5.41) is 36.6. The lowest BCUT2D eigenvalue weighted by Crippen LogP contribution is -2.02. The van der Waals surface area contributed by atoms with Crippen molar-refractivity contribution in [2.24, 2.45) is 0 Å². The van der Waals surface area contributed by atoms with Crippen molar-refractivity contribution in [2.45, 2.75) is 19.3 Å². The van der Waals surface area contributed by atoms with Gasteiger partial charge in [-0.15, -0.1) is 0 Å². The molecule has 0 spiro atoms. The van der Waals surface area contributed by atoms with Crippen LogP contribution < -0.4 is 0 Å². The fraction of sp³-hybridized carbons (Fsp3) is 0.273. The number of aromatic carboxylic acids is 1. The van der Waals surface area contributed by atoms with E-state index >= 15 is 0 Å². The van der Waals surface area contributed by atoms with Gasteiger partial charge in [-0.05, 0) is 18.6 Å². The van der Waals surface area contributed by atoms with E-state index in [4.69, 9.17) is 10.4 Å². The molecule has 0 saturated heterocycles. The standard InChI is InChI=1S/C11H11NO4/c1-2-6(5-12)8-3-7(13)4-9(10(8)14)11(15)16/h3-4,6,13-14H,2H2,1H3,(H,15,16). The van der Waals surface area contributed by atoms with Crippen LogP contribution in [0.3, 0.4) is 0 Å². The maximum absolute atomic E-state index is 10.8. The fourth-order valence-corrected chi connectivity index (χ4v) is 1.45. The van der Waals surface area contributed by atoms with Crippen molar-refractivity contribution < 1.29 is 20.1 Å². The summed E-state index contributed by atoms with van der Waals surface area (Å²) < 4.78 is 0. The minimum atomic E-state index is -1.34. The lowest BCUT2D eigenvalue weighted by Gasteiger charge is -2.11. The van der Waals surface area contributed by atoms with Crippen LogP contribution in [0.1, 0.15) is 35.2 Å². The van der Waals surface area contributed by atoms with Crippen molar-refractivity contribution in [1.82, 2.24) is 0 Å². The van der Waals surface area contributed by atoms with Crippen LogP contribution in [0.2, 0.25) is 0 Å². The van der Waals surface area contributed by atoms with Crippen LogP contribution in [0.4, 0.5) is 0 Å². The molecule has 3 N–H and O–H groups in total. The van der Waals surface area contributed by atoms with Crippen molar-refractivity contribution in [3.8, 4) is 17.6 Å². The second-order valence-electron chi connectivity index (χ2n) is 3.33. The van der Waals surface area contributed by atoms with Gasteiger partial charge in [0.15, 0.2) is 0 Å². The molecule has 1 rings (SSSR count). The van der Waals surface area contributed by atoms with Crippen molar-refractivity contribution >= 4 is 5.97 Å². The molecule has 5 nitrogen and oxygen atoms in total. The Bertz CT molecular complexity index is 462. The molecule has 0 aliphatic heterocycles. The first-order valence-electron chi connectivity index (χ1n) is 4.70. The summed E-state index contributed by atoms with van der Waals surface area (Å²) in [6.45, 7) is 1.73. The van der Waals surface area contributed by atoms with E-state index in [9.17, 15) is 15.0 Å². The first-order chi connectivity index (χ1) is 7.51. The number of nitriles is 1. The van der Waals surface area contributed by atoms with E-state index in [-0.39, 0.29) is 11.3 Å². The monoisotopic (exact) mass is 221 g/mol.